The zero-order valence-electron chi connectivity index (χ0n) is 16.8. The van der Waals surface area contributed by atoms with E-state index in [0.29, 0.717) is 6.54 Å². The summed E-state index contributed by atoms with van der Waals surface area (Å²) < 4.78 is 2.88. The Kier molecular flexibility index (Phi) is 5.56. The lowest BCUT2D eigenvalue weighted by molar-refractivity contribution is 0.317. The molecule has 2 heterocycles. The number of aryl methyl sites for hydroxylation is 1. The van der Waals surface area contributed by atoms with Gasteiger partial charge < -0.3 is 5.11 Å². The Hall–Kier alpha value is -2.08. The third-order valence-electron chi connectivity index (χ3n) is 5.66. The molecule has 1 aliphatic rings. The van der Waals surface area contributed by atoms with Crippen molar-refractivity contribution in [2.75, 3.05) is 0 Å². The Morgan fingerprint density at radius 2 is 1.97 bits per heavy atom. The summed E-state index contributed by atoms with van der Waals surface area (Å²) in [7, 11) is 0. The van der Waals surface area contributed by atoms with Crippen molar-refractivity contribution >= 4 is 29.9 Å². The quantitative estimate of drug-likeness (QED) is 0.327. The second kappa shape index (κ2) is 7.98. The molecule has 5 heteroatoms. The minimum absolute atomic E-state index is 0.175. The van der Waals surface area contributed by atoms with Gasteiger partial charge in [-0.15, -0.1) is 11.3 Å². The molecule has 2 N–H and O–H groups in total. The normalized spacial score (nSPS) is 15.1. The summed E-state index contributed by atoms with van der Waals surface area (Å²) in [4.78, 5) is 6.98. The van der Waals surface area contributed by atoms with E-state index >= 15 is 0 Å². The maximum absolute atomic E-state index is 10.4. The predicted molar refractivity (Wildman–Crippen MR) is 126 cm³/mol. The maximum atomic E-state index is 10.4. The first-order chi connectivity index (χ1) is 13.9. The van der Waals surface area contributed by atoms with Gasteiger partial charge in [-0.25, -0.2) is 0 Å². The number of aromatic nitrogens is 1. The molecule has 29 heavy (non-hydrogen) atoms. The van der Waals surface area contributed by atoms with E-state index in [1.165, 1.54) is 16.9 Å². The third-order valence-corrected chi connectivity index (χ3v) is 7.16. The van der Waals surface area contributed by atoms with Crippen LogP contribution in [-0.4, -0.2) is 10.1 Å². The molecule has 0 fully saturated rings. The maximum Gasteiger partial charge on any atom is 0.117 e. The molecule has 0 spiro atoms. The lowest BCUT2D eigenvalue weighted by atomic mass is 9.75. The Balaban J connectivity index is 1.74. The highest BCUT2D eigenvalue weighted by Gasteiger charge is 2.31. The largest absolute Gasteiger partial charge is 0.508 e. The van der Waals surface area contributed by atoms with Crippen molar-refractivity contribution in [3.8, 4) is 21.6 Å². The van der Waals surface area contributed by atoms with E-state index in [-0.39, 0.29) is 11.2 Å². The first-order valence-electron chi connectivity index (χ1n) is 9.84. The first-order valence-corrected chi connectivity index (χ1v) is 11.1. The predicted octanol–water partition coefficient (Wildman–Crippen LogP) is 6.46. The molecule has 2 aromatic heterocycles. The van der Waals surface area contributed by atoms with Crippen molar-refractivity contribution in [3.63, 3.8) is 0 Å². The van der Waals surface area contributed by atoms with Crippen LogP contribution in [0.25, 0.3) is 27.3 Å². The van der Waals surface area contributed by atoms with Crippen LogP contribution in [0.1, 0.15) is 42.0 Å². The van der Waals surface area contributed by atoms with E-state index in [2.05, 4.69) is 73.3 Å². The van der Waals surface area contributed by atoms with Crippen molar-refractivity contribution < 1.29 is 5.11 Å². The summed E-state index contributed by atoms with van der Waals surface area (Å²) in [5, 5.41) is 10.4. The van der Waals surface area contributed by atoms with E-state index < -0.39 is 0 Å². The van der Waals surface area contributed by atoms with Crippen LogP contribution in [0.3, 0.4) is 0 Å². The molecule has 0 bridgehead atoms. The van der Waals surface area contributed by atoms with Gasteiger partial charge in [0, 0.05) is 33.6 Å². The number of thiol groups is 1. The Morgan fingerprint density at radius 3 is 2.66 bits per heavy atom. The number of aliphatic hydroxyl groups excluding tert-OH is 1. The smallest absolute Gasteiger partial charge is 0.117 e. The van der Waals surface area contributed by atoms with Gasteiger partial charge in [-0.3, -0.25) is 9.71 Å². The molecule has 1 aromatic carbocycles. The molecule has 0 unspecified atom stereocenters. The number of nitrogens with one attached hydrogen (secondary N) is 1. The van der Waals surface area contributed by atoms with Crippen LogP contribution in [0.5, 0.6) is 0 Å². The van der Waals surface area contributed by atoms with Crippen molar-refractivity contribution in [1.82, 2.24) is 9.71 Å². The van der Waals surface area contributed by atoms with Gasteiger partial charge in [0.05, 0.1) is 5.69 Å². The second-order valence-electron chi connectivity index (χ2n) is 8.41. The molecule has 3 aromatic rings. The van der Waals surface area contributed by atoms with Gasteiger partial charge in [0.2, 0.25) is 0 Å². The van der Waals surface area contributed by atoms with Crippen molar-refractivity contribution in [1.29, 1.82) is 0 Å². The molecular weight excluding hydrogens is 396 g/mol. The SMILES string of the molecule is C=C(O)c1c(-c2ccc(-c3cccnc3CNS)cc2)sc2c1CC(C)(C)CC2. The topological polar surface area (TPSA) is 45.2 Å². The van der Waals surface area contributed by atoms with Crippen LogP contribution in [0, 0.1) is 5.41 Å². The molecule has 150 valence electrons. The molecule has 0 aliphatic heterocycles. The average Bonchev–Trinajstić information content (AvgIpc) is 3.06. The summed E-state index contributed by atoms with van der Waals surface area (Å²) >= 11 is 5.92. The third kappa shape index (κ3) is 4.00. The van der Waals surface area contributed by atoms with Gasteiger partial charge in [0.1, 0.15) is 5.76 Å². The number of nitrogens with zero attached hydrogens (tertiary/aromatic N) is 1. The van der Waals surface area contributed by atoms with Crippen LogP contribution in [0.4, 0.5) is 0 Å². The summed E-state index contributed by atoms with van der Waals surface area (Å²) in [6.07, 6.45) is 5.04. The highest BCUT2D eigenvalue weighted by molar-refractivity contribution is 7.78. The standard InChI is InChI=1S/C24H26N2OS2/c1-15(27)22-19-13-24(2,3)11-10-21(19)29-23(22)17-8-6-16(7-9-17)18-5-4-12-25-20(18)14-26-28/h4-9,12,26-28H,1,10-11,13-14H2,2-3H3. The van der Waals surface area contributed by atoms with E-state index in [4.69, 9.17) is 0 Å². The summed E-state index contributed by atoms with van der Waals surface area (Å²) in [6, 6.07) is 12.6. The number of rotatable bonds is 5. The number of thiophene rings is 1. The molecule has 0 saturated heterocycles. The average molecular weight is 423 g/mol. The van der Waals surface area contributed by atoms with Crippen molar-refractivity contribution in [2.45, 2.75) is 39.7 Å². The Morgan fingerprint density at radius 1 is 1.24 bits per heavy atom. The summed E-state index contributed by atoms with van der Waals surface area (Å²) in [5.74, 6) is 0.175. The fourth-order valence-electron chi connectivity index (χ4n) is 4.15. The molecule has 3 nitrogen and oxygen atoms in total. The fraction of sp³-hybridized carbons (Fsp3) is 0.292. The minimum Gasteiger partial charge on any atom is -0.508 e. The molecule has 0 amide bonds. The van der Waals surface area contributed by atoms with Crippen LogP contribution < -0.4 is 4.72 Å². The van der Waals surface area contributed by atoms with Crippen LogP contribution in [0.15, 0.2) is 49.2 Å². The zero-order valence-corrected chi connectivity index (χ0v) is 18.5. The Labute approximate surface area is 182 Å². The van der Waals surface area contributed by atoms with Gasteiger partial charge in [-0.1, -0.05) is 63.6 Å². The first kappa shape index (κ1) is 20.2. The number of hydrogen-bond acceptors (Lipinski definition) is 5. The highest BCUT2D eigenvalue weighted by Crippen LogP contribution is 2.47. The van der Waals surface area contributed by atoms with E-state index in [9.17, 15) is 5.11 Å². The number of hydrogen-bond donors (Lipinski definition) is 3. The molecule has 0 saturated carbocycles. The van der Waals surface area contributed by atoms with Gasteiger partial charge >= 0.3 is 0 Å². The Bertz CT molecular complexity index is 1050. The zero-order chi connectivity index (χ0) is 20.6. The number of aliphatic hydroxyl groups is 1. The minimum atomic E-state index is 0.175. The fourth-order valence-corrected chi connectivity index (χ4v) is 5.64. The second-order valence-corrected chi connectivity index (χ2v) is 9.83. The van der Waals surface area contributed by atoms with Crippen molar-refractivity contribution in [3.05, 3.63) is 70.9 Å². The van der Waals surface area contributed by atoms with Crippen LogP contribution in [0.2, 0.25) is 0 Å². The number of benzene rings is 1. The lowest BCUT2D eigenvalue weighted by Crippen LogP contribution is -2.21. The molecule has 0 atom stereocenters. The highest BCUT2D eigenvalue weighted by atomic mass is 32.1. The summed E-state index contributed by atoms with van der Waals surface area (Å²) in [5.41, 5.74) is 6.78. The van der Waals surface area contributed by atoms with Crippen LogP contribution in [-0.2, 0) is 19.4 Å². The van der Waals surface area contributed by atoms with E-state index in [0.717, 1.165) is 45.7 Å². The molecule has 0 radical (unpaired) electrons. The van der Waals surface area contributed by atoms with E-state index in [1.54, 1.807) is 17.5 Å². The van der Waals surface area contributed by atoms with Crippen LogP contribution >= 0.6 is 24.2 Å². The van der Waals surface area contributed by atoms with Gasteiger partial charge in [-0.05, 0) is 47.4 Å². The van der Waals surface area contributed by atoms with Crippen molar-refractivity contribution in [2.24, 2.45) is 5.41 Å². The molecule has 1 aliphatic carbocycles. The van der Waals surface area contributed by atoms with Gasteiger partial charge in [0.15, 0.2) is 0 Å². The lowest BCUT2D eigenvalue weighted by Gasteiger charge is -2.30. The summed E-state index contributed by atoms with van der Waals surface area (Å²) in [6.45, 7) is 9.08. The van der Waals surface area contributed by atoms with Gasteiger partial charge in [0.25, 0.3) is 0 Å². The van der Waals surface area contributed by atoms with E-state index in [1.807, 2.05) is 6.07 Å². The van der Waals surface area contributed by atoms with Gasteiger partial charge in [-0.2, -0.15) is 0 Å². The number of fused-ring (bicyclic) bond motifs is 1. The number of pyridine rings is 1. The monoisotopic (exact) mass is 422 g/mol. The molecular formula is C24H26N2OS2. The molecule has 4 rings (SSSR count).